The molecule has 0 aromatic carbocycles. The molecule has 0 aromatic rings. The van der Waals surface area contributed by atoms with Crippen LogP contribution in [0.25, 0.3) is 0 Å². The number of nitro groups is 1. The molecule has 0 radical (unpaired) electrons. The van der Waals surface area contributed by atoms with Gasteiger partial charge in [-0.2, -0.15) is 11.8 Å². The summed E-state index contributed by atoms with van der Waals surface area (Å²) in [5, 5.41) is 10.0. The minimum absolute atomic E-state index is 0.0610. The first-order valence-electron chi connectivity index (χ1n) is 3.92. The standard InChI is InChI=1S/C7H11NO3S/c9-7-2-4-12-5-6(7)1-3-8(10)11/h6H,1-5H2. The SMILES string of the molecule is O=C1CCSCC1CC[N+](=O)[O-]. The van der Waals surface area contributed by atoms with Crippen LogP contribution < -0.4 is 0 Å². The molecular weight excluding hydrogens is 178 g/mol. The third-order valence-corrected chi connectivity index (χ3v) is 3.06. The zero-order chi connectivity index (χ0) is 8.97. The summed E-state index contributed by atoms with van der Waals surface area (Å²) in [6.45, 7) is -0.0725. The van der Waals surface area contributed by atoms with Gasteiger partial charge < -0.3 is 0 Å². The molecule has 68 valence electrons. The van der Waals surface area contributed by atoms with Crippen LogP contribution in [0.3, 0.4) is 0 Å². The molecule has 1 heterocycles. The average Bonchev–Trinajstić information content (AvgIpc) is 2.03. The topological polar surface area (TPSA) is 60.2 Å². The van der Waals surface area contributed by atoms with Crippen molar-refractivity contribution in [3.63, 3.8) is 0 Å². The van der Waals surface area contributed by atoms with Crippen LogP contribution in [-0.4, -0.2) is 28.8 Å². The lowest BCUT2D eigenvalue weighted by Crippen LogP contribution is -2.24. The lowest BCUT2D eigenvalue weighted by Gasteiger charge is -2.17. The van der Waals surface area contributed by atoms with Crippen molar-refractivity contribution in [2.45, 2.75) is 12.8 Å². The number of Topliss-reactive ketones (excluding diaryl/α,β-unsaturated/α-hetero) is 1. The average molecular weight is 189 g/mol. The molecule has 5 heteroatoms. The van der Waals surface area contributed by atoms with Crippen LogP contribution in [0, 0.1) is 16.0 Å². The molecule has 1 atom stereocenters. The van der Waals surface area contributed by atoms with E-state index in [2.05, 4.69) is 0 Å². The third-order valence-electron chi connectivity index (χ3n) is 1.93. The zero-order valence-corrected chi connectivity index (χ0v) is 7.51. The van der Waals surface area contributed by atoms with Gasteiger partial charge in [-0.1, -0.05) is 0 Å². The van der Waals surface area contributed by atoms with Crippen molar-refractivity contribution in [2.24, 2.45) is 5.92 Å². The molecule has 12 heavy (non-hydrogen) atoms. The van der Waals surface area contributed by atoms with Crippen molar-refractivity contribution < 1.29 is 9.72 Å². The maximum atomic E-state index is 11.2. The summed E-state index contributed by atoms with van der Waals surface area (Å²) < 4.78 is 0. The van der Waals surface area contributed by atoms with Crippen LogP contribution in [-0.2, 0) is 4.79 Å². The monoisotopic (exact) mass is 189 g/mol. The second-order valence-corrected chi connectivity index (χ2v) is 3.98. The summed E-state index contributed by atoms with van der Waals surface area (Å²) in [5.41, 5.74) is 0. The smallest absolute Gasteiger partial charge is 0.204 e. The molecular formula is C7H11NO3S. The van der Waals surface area contributed by atoms with E-state index in [0.717, 1.165) is 11.5 Å². The van der Waals surface area contributed by atoms with Gasteiger partial charge in [-0.3, -0.25) is 14.9 Å². The molecule has 1 saturated heterocycles. The summed E-state index contributed by atoms with van der Waals surface area (Å²) in [6.07, 6.45) is 1.01. The Balaban J connectivity index is 2.29. The fourth-order valence-corrected chi connectivity index (χ4v) is 2.35. The van der Waals surface area contributed by atoms with Gasteiger partial charge in [0.1, 0.15) is 5.78 Å². The van der Waals surface area contributed by atoms with Gasteiger partial charge in [0.15, 0.2) is 0 Å². The Morgan fingerprint density at radius 3 is 3.00 bits per heavy atom. The van der Waals surface area contributed by atoms with Crippen LogP contribution in [0.1, 0.15) is 12.8 Å². The van der Waals surface area contributed by atoms with Gasteiger partial charge in [0.2, 0.25) is 6.54 Å². The summed E-state index contributed by atoms with van der Waals surface area (Å²) in [4.78, 5) is 20.9. The maximum Gasteiger partial charge on any atom is 0.204 e. The number of carbonyl (C=O) groups excluding carboxylic acids is 1. The number of hydrogen-bond acceptors (Lipinski definition) is 4. The first-order chi connectivity index (χ1) is 5.70. The number of ketones is 1. The predicted octanol–water partition coefficient (Wildman–Crippen LogP) is 0.975. The van der Waals surface area contributed by atoms with Crippen molar-refractivity contribution in [2.75, 3.05) is 18.1 Å². The van der Waals surface area contributed by atoms with E-state index >= 15 is 0 Å². The van der Waals surface area contributed by atoms with Crippen LogP contribution >= 0.6 is 11.8 Å². The molecule has 1 fully saturated rings. The predicted molar refractivity (Wildman–Crippen MR) is 46.9 cm³/mol. The van der Waals surface area contributed by atoms with Crippen LogP contribution in [0.15, 0.2) is 0 Å². The number of thioether (sulfide) groups is 1. The summed E-state index contributed by atoms with van der Waals surface area (Å²) in [5.74, 6) is 1.80. The lowest BCUT2D eigenvalue weighted by molar-refractivity contribution is -0.481. The van der Waals surface area contributed by atoms with Gasteiger partial charge in [0, 0.05) is 35.2 Å². The molecule has 1 unspecified atom stereocenters. The van der Waals surface area contributed by atoms with Crippen molar-refractivity contribution in [3.05, 3.63) is 10.1 Å². The molecule has 0 bridgehead atoms. The number of carbonyl (C=O) groups is 1. The summed E-state index contributed by atoms with van der Waals surface area (Å²) >= 11 is 1.71. The first kappa shape index (κ1) is 9.51. The van der Waals surface area contributed by atoms with E-state index in [4.69, 9.17) is 0 Å². The molecule has 0 saturated carbocycles. The first-order valence-corrected chi connectivity index (χ1v) is 5.08. The van der Waals surface area contributed by atoms with Gasteiger partial charge in [-0.05, 0) is 0 Å². The van der Waals surface area contributed by atoms with Gasteiger partial charge >= 0.3 is 0 Å². The number of rotatable bonds is 3. The normalized spacial score (nSPS) is 24.0. The third kappa shape index (κ3) is 2.81. The second kappa shape index (κ2) is 4.45. The van der Waals surface area contributed by atoms with E-state index < -0.39 is 0 Å². The van der Waals surface area contributed by atoms with Crippen molar-refractivity contribution in [1.29, 1.82) is 0 Å². The van der Waals surface area contributed by atoms with Crippen LogP contribution in [0.2, 0.25) is 0 Å². The Hall–Kier alpha value is -0.580. The van der Waals surface area contributed by atoms with Gasteiger partial charge in [0.05, 0.1) is 0 Å². The van der Waals surface area contributed by atoms with Gasteiger partial charge in [-0.25, -0.2) is 0 Å². The summed E-state index contributed by atoms with van der Waals surface area (Å²) in [7, 11) is 0. The molecule has 0 aliphatic carbocycles. The van der Waals surface area contributed by atoms with Crippen molar-refractivity contribution >= 4 is 17.5 Å². The Morgan fingerprint density at radius 2 is 2.42 bits per heavy atom. The highest BCUT2D eigenvalue weighted by Gasteiger charge is 2.23. The number of nitrogens with zero attached hydrogens (tertiary/aromatic N) is 1. The van der Waals surface area contributed by atoms with Crippen LogP contribution in [0.4, 0.5) is 0 Å². The largest absolute Gasteiger partial charge is 0.299 e. The molecule has 1 aliphatic rings. The Labute approximate surface area is 74.9 Å². The lowest BCUT2D eigenvalue weighted by atomic mass is 10.0. The van der Waals surface area contributed by atoms with Crippen molar-refractivity contribution in [1.82, 2.24) is 0 Å². The zero-order valence-electron chi connectivity index (χ0n) is 6.69. The highest BCUT2D eigenvalue weighted by atomic mass is 32.2. The second-order valence-electron chi connectivity index (χ2n) is 2.83. The molecule has 4 nitrogen and oxygen atoms in total. The fourth-order valence-electron chi connectivity index (χ4n) is 1.20. The summed E-state index contributed by atoms with van der Waals surface area (Å²) in [6, 6.07) is 0. The highest BCUT2D eigenvalue weighted by Crippen LogP contribution is 2.21. The maximum absolute atomic E-state index is 11.2. The minimum Gasteiger partial charge on any atom is -0.299 e. The molecule has 1 aliphatic heterocycles. The van der Waals surface area contributed by atoms with E-state index in [1.165, 1.54) is 0 Å². The van der Waals surface area contributed by atoms with E-state index in [0.29, 0.717) is 12.8 Å². The molecule has 0 N–H and O–H groups in total. The minimum atomic E-state index is -0.355. The van der Waals surface area contributed by atoms with Gasteiger partial charge in [-0.15, -0.1) is 0 Å². The van der Waals surface area contributed by atoms with E-state index in [9.17, 15) is 14.9 Å². The molecule has 0 spiro atoms. The van der Waals surface area contributed by atoms with E-state index in [1.54, 1.807) is 11.8 Å². The quantitative estimate of drug-likeness (QED) is 0.490. The Morgan fingerprint density at radius 1 is 1.67 bits per heavy atom. The Bertz CT molecular complexity index is 195. The molecule has 0 aromatic heterocycles. The number of hydrogen-bond donors (Lipinski definition) is 0. The highest BCUT2D eigenvalue weighted by molar-refractivity contribution is 7.99. The van der Waals surface area contributed by atoms with Gasteiger partial charge in [0.25, 0.3) is 0 Å². The van der Waals surface area contributed by atoms with Crippen LogP contribution in [0.5, 0.6) is 0 Å². The van der Waals surface area contributed by atoms with E-state index in [-0.39, 0.29) is 23.2 Å². The Kier molecular flexibility index (Phi) is 3.52. The van der Waals surface area contributed by atoms with E-state index in [1.807, 2.05) is 0 Å². The fraction of sp³-hybridized carbons (Fsp3) is 0.857. The van der Waals surface area contributed by atoms with Crippen molar-refractivity contribution in [3.8, 4) is 0 Å². The molecule has 1 rings (SSSR count). The molecule has 0 amide bonds.